The molecular weight excluding hydrogens is 587 g/mol. The molecule has 5 nitrogen and oxygen atoms in total. The maximum Gasteiger partial charge on any atom is 0.261 e. The Labute approximate surface area is 257 Å². The minimum absolute atomic E-state index is 0.0741. The van der Waals surface area contributed by atoms with Crippen LogP contribution in [-0.4, -0.2) is 44.4 Å². The van der Waals surface area contributed by atoms with Gasteiger partial charge in [0.05, 0.1) is 30.1 Å². The lowest BCUT2D eigenvalue weighted by molar-refractivity contribution is -0.00532. The maximum absolute atomic E-state index is 16.0. The molecule has 1 aliphatic rings. The molecule has 2 heterocycles. The number of nitrogens with zero attached hydrogens (tertiary/aromatic N) is 2. The van der Waals surface area contributed by atoms with E-state index in [1.807, 2.05) is 50.2 Å². The highest BCUT2D eigenvalue weighted by Gasteiger charge is 2.50. The summed E-state index contributed by atoms with van der Waals surface area (Å²) in [4.78, 5) is 19.6. The van der Waals surface area contributed by atoms with E-state index in [1.165, 1.54) is 17.5 Å². The largest absolute Gasteiger partial charge is 0.403 e. The standard InChI is InChI=1S/C33H36ClFN2O3SSi/c1-22-19-37(20-23(2)40-22)30-24(18-27(29(35)28(30)34)31(38)32-36-16-17-41-32)21-39-42(33(3,4)5,25-12-8-6-9-13-25)26-14-10-7-11-15-26/h6-18,22-23H,19-21H2,1-5H3/t22-,23+. The molecule has 1 fully saturated rings. The van der Waals surface area contributed by atoms with Gasteiger partial charge < -0.3 is 14.1 Å². The lowest BCUT2D eigenvalue weighted by atomic mass is 10.0. The van der Waals surface area contributed by atoms with Crippen LogP contribution >= 0.6 is 22.9 Å². The third kappa shape index (κ3) is 5.83. The molecule has 0 saturated carbocycles. The van der Waals surface area contributed by atoms with Crippen molar-refractivity contribution in [2.45, 2.75) is 58.5 Å². The molecule has 0 unspecified atom stereocenters. The number of ether oxygens (including phenoxy) is 1. The number of aromatic nitrogens is 1. The Morgan fingerprint density at radius 3 is 2.14 bits per heavy atom. The van der Waals surface area contributed by atoms with Gasteiger partial charge in [0.25, 0.3) is 8.32 Å². The maximum atomic E-state index is 16.0. The minimum Gasteiger partial charge on any atom is -0.403 e. The number of morpholine rings is 1. The summed E-state index contributed by atoms with van der Waals surface area (Å²) in [5.74, 6) is -1.24. The Balaban J connectivity index is 1.68. The summed E-state index contributed by atoms with van der Waals surface area (Å²) in [6.45, 7) is 11.8. The normalized spacial score (nSPS) is 17.8. The summed E-state index contributed by atoms with van der Waals surface area (Å²) in [6, 6.07) is 22.3. The smallest absolute Gasteiger partial charge is 0.261 e. The van der Waals surface area contributed by atoms with Crippen LogP contribution in [0.25, 0.3) is 0 Å². The Morgan fingerprint density at radius 1 is 1.07 bits per heavy atom. The molecule has 220 valence electrons. The number of carbonyl (C=O) groups excluding carboxylic acids is 1. The summed E-state index contributed by atoms with van der Waals surface area (Å²) >= 11 is 8.01. The molecule has 5 rings (SSSR count). The fourth-order valence-electron chi connectivity index (χ4n) is 6.05. The second-order valence-electron chi connectivity index (χ2n) is 11.8. The van der Waals surface area contributed by atoms with Gasteiger partial charge in [-0.25, -0.2) is 9.37 Å². The van der Waals surface area contributed by atoms with Gasteiger partial charge in [0.2, 0.25) is 5.78 Å². The molecule has 2 atom stereocenters. The summed E-state index contributed by atoms with van der Waals surface area (Å²) < 4.78 is 29.2. The van der Waals surface area contributed by atoms with Crippen LogP contribution in [0.4, 0.5) is 10.1 Å². The second kappa shape index (κ2) is 12.4. The van der Waals surface area contributed by atoms with Crippen molar-refractivity contribution in [1.29, 1.82) is 0 Å². The van der Waals surface area contributed by atoms with Gasteiger partial charge in [0, 0.05) is 30.2 Å². The van der Waals surface area contributed by atoms with Gasteiger partial charge in [-0.3, -0.25) is 4.79 Å². The topological polar surface area (TPSA) is 51.7 Å². The van der Waals surface area contributed by atoms with Crippen molar-refractivity contribution in [3.8, 4) is 0 Å². The number of hydrogen-bond donors (Lipinski definition) is 0. The van der Waals surface area contributed by atoms with E-state index in [4.69, 9.17) is 20.8 Å². The fraction of sp³-hybridized carbons (Fsp3) is 0.333. The van der Waals surface area contributed by atoms with E-state index in [9.17, 15) is 4.79 Å². The SMILES string of the molecule is C[C@@H]1CN(c2c(CO[Si](c3ccccc3)(c3ccccc3)C(C)(C)C)cc(C(=O)c3nccs3)c(F)c2Cl)C[C@H](C)O1. The molecule has 1 aliphatic heterocycles. The molecule has 1 saturated heterocycles. The highest BCUT2D eigenvalue weighted by molar-refractivity contribution is 7.11. The van der Waals surface area contributed by atoms with Gasteiger partial charge in [0.1, 0.15) is 5.02 Å². The van der Waals surface area contributed by atoms with Crippen LogP contribution in [0, 0.1) is 5.82 Å². The van der Waals surface area contributed by atoms with Crippen LogP contribution in [0.3, 0.4) is 0 Å². The monoisotopic (exact) mass is 622 g/mol. The first kappa shape index (κ1) is 30.6. The van der Waals surface area contributed by atoms with E-state index in [0.717, 1.165) is 10.4 Å². The van der Waals surface area contributed by atoms with Crippen LogP contribution < -0.4 is 15.3 Å². The van der Waals surface area contributed by atoms with E-state index in [-0.39, 0.29) is 39.4 Å². The lowest BCUT2D eigenvalue weighted by Crippen LogP contribution is -2.66. The predicted molar refractivity (Wildman–Crippen MR) is 172 cm³/mol. The van der Waals surface area contributed by atoms with Crippen LogP contribution in [0.2, 0.25) is 10.1 Å². The summed E-state index contributed by atoms with van der Waals surface area (Å²) in [5.41, 5.74) is 1.11. The van der Waals surface area contributed by atoms with Gasteiger partial charge in [-0.15, -0.1) is 11.3 Å². The highest BCUT2D eigenvalue weighted by Crippen LogP contribution is 2.41. The molecule has 0 bridgehead atoms. The number of thiazole rings is 1. The number of carbonyl (C=O) groups is 1. The Bertz CT molecular complexity index is 1480. The van der Waals surface area contributed by atoms with Crippen molar-refractivity contribution in [2.75, 3.05) is 18.0 Å². The molecular formula is C33H36ClFN2O3SSi. The van der Waals surface area contributed by atoms with Gasteiger partial charge in [0.15, 0.2) is 10.8 Å². The van der Waals surface area contributed by atoms with Crippen molar-refractivity contribution in [3.05, 3.63) is 105 Å². The summed E-state index contributed by atoms with van der Waals surface area (Å²) in [6.07, 6.45) is 1.39. The molecule has 0 spiro atoms. The van der Waals surface area contributed by atoms with Crippen LogP contribution in [0.15, 0.2) is 78.3 Å². The second-order valence-corrected chi connectivity index (χ2v) is 17.4. The number of rotatable bonds is 8. The third-order valence-corrected chi connectivity index (χ3v) is 13.8. The van der Waals surface area contributed by atoms with Crippen molar-refractivity contribution < 1.29 is 18.3 Å². The van der Waals surface area contributed by atoms with Gasteiger partial charge in [-0.2, -0.15) is 0 Å². The predicted octanol–water partition coefficient (Wildman–Crippen LogP) is 6.86. The molecule has 3 aromatic carbocycles. The average molecular weight is 623 g/mol. The van der Waals surface area contributed by atoms with Crippen LogP contribution in [0.5, 0.6) is 0 Å². The Kier molecular flexibility index (Phi) is 9.01. The molecule has 4 aromatic rings. The third-order valence-electron chi connectivity index (χ3n) is 7.73. The van der Waals surface area contributed by atoms with Crippen LogP contribution in [-0.2, 0) is 15.8 Å². The zero-order valence-electron chi connectivity index (χ0n) is 24.6. The summed E-state index contributed by atoms with van der Waals surface area (Å²) in [7, 11) is -2.94. The fourth-order valence-corrected chi connectivity index (χ4v) is 11.5. The van der Waals surface area contributed by atoms with Crippen LogP contribution in [0.1, 0.15) is 55.5 Å². The van der Waals surface area contributed by atoms with Crippen molar-refractivity contribution in [1.82, 2.24) is 4.98 Å². The van der Waals surface area contributed by atoms with E-state index in [1.54, 1.807) is 11.4 Å². The number of hydrogen-bond acceptors (Lipinski definition) is 6. The first-order chi connectivity index (χ1) is 20.0. The molecule has 42 heavy (non-hydrogen) atoms. The lowest BCUT2D eigenvalue weighted by Gasteiger charge is -2.43. The molecule has 0 radical (unpaired) electrons. The molecule has 0 aliphatic carbocycles. The number of benzene rings is 3. The Morgan fingerprint density at radius 2 is 1.64 bits per heavy atom. The molecule has 9 heteroatoms. The number of ketones is 1. The quantitative estimate of drug-likeness (QED) is 0.159. The molecule has 1 aromatic heterocycles. The van der Waals surface area contributed by atoms with Crippen molar-refractivity contribution >= 4 is 53.1 Å². The number of halogens is 2. The zero-order chi connectivity index (χ0) is 30.1. The van der Waals surface area contributed by atoms with E-state index in [2.05, 4.69) is 54.9 Å². The summed E-state index contributed by atoms with van der Waals surface area (Å²) in [5, 5.41) is 3.83. The first-order valence-electron chi connectivity index (χ1n) is 14.1. The zero-order valence-corrected chi connectivity index (χ0v) is 27.1. The van der Waals surface area contributed by atoms with Gasteiger partial charge in [-0.1, -0.05) is 93.0 Å². The van der Waals surface area contributed by atoms with E-state index < -0.39 is 19.9 Å². The minimum atomic E-state index is -2.94. The van der Waals surface area contributed by atoms with Gasteiger partial charge in [-0.05, 0) is 35.3 Å². The van der Waals surface area contributed by atoms with E-state index in [0.29, 0.717) is 24.3 Å². The highest BCUT2D eigenvalue weighted by atomic mass is 35.5. The van der Waals surface area contributed by atoms with E-state index >= 15 is 4.39 Å². The number of anilines is 1. The van der Waals surface area contributed by atoms with Crippen molar-refractivity contribution in [2.24, 2.45) is 0 Å². The molecule has 0 N–H and O–H groups in total. The Hall–Kier alpha value is -2.88. The van der Waals surface area contributed by atoms with Gasteiger partial charge >= 0.3 is 0 Å². The van der Waals surface area contributed by atoms with Crippen molar-refractivity contribution in [3.63, 3.8) is 0 Å². The average Bonchev–Trinajstić information content (AvgIpc) is 3.50. The first-order valence-corrected chi connectivity index (χ1v) is 17.3. The molecule has 0 amide bonds.